The van der Waals surface area contributed by atoms with Crippen LogP contribution in [0.2, 0.25) is 0 Å². The second-order valence-corrected chi connectivity index (χ2v) is 9.03. The highest BCUT2D eigenvalue weighted by Gasteiger charge is 2.19. The van der Waals surface area contributed by atoms with Crippen molar-refractivity contribution in [2.45, 2.75) is 25.7 Å². The topological polar surface area (TPSA) is 113 Å². The molecule has 0 fully saturated rings. The number of carbonyl (C=O) groups excluding carboxylic acids is 1. The number of ether oxygens (including phenoxy) is 3. The molecule has 0 unspecified atom stereocenters. The van der Waals surface area contributed by atoms with Crippen LogP contribution in [0.5, 0.6) is 23.0 Å². The third kappa shape index (κ3) is 6.76. The Morgan fingerprint density at radius 2 is 1.56 bits per heavy atom. The average Bonchev–Trinajstić information content (AvgIpc) is 2.86. The van der Waals surface area contributed by atoms with E-state index in [0.29, 0.717) is 29.2 Å². The lowest BCUT2D eigenvalue weighted by Gasteiger charge is -2.12. The van der Waals surface area contributed by atoms with Crippen LogP contribution in [0.3, 0.4) is 0 Å². The van der Waals surface area contributed by atoms with Crippen molar-refractivity contribution in [3.05, 3.63) is 77.4 Å². The molecule has 190 valence electrons. The Bertz CT molecular complexity index is 1340. The predicted molar refractivity (Wildman–Crippen MR) is 136 cm³/mol. The minimum Gasteiger partial charge on any atom is -0.493 e. The lowest BCUT2D eigenvalue weighted by molar-refractivity contribution is 0.0954. The van der Waals surface area contributed by atoms with Crippen molar-refractivity contribution in [3.8, 4) is 23.0 Å². The summed E-state index contributed by atoms with van der Waals surface area (Å²) in [6.07, 6.45) is 1.41. The van der Waals surface area contributed by atoms with Crippen molar-refractivity contribution in [3.63, 3.8) is 0 Å². The molecule has 3 aromatic rings. The number of hydrogen-bond donors (Lipinski definition) is 1. The molecule has 0 aromatic heterocycles. The first-order valence-corrected chi connectivity index (χ1v) is 12.6. The zero-order chi connectivity index (χ0) is 26.1. The number of hydrogen-bond acceptors (Lipinski definition) is 8. The summed E-state index contributed by atoms with van der Waals surface area (Å²) in [6.45, 7) is 6.25. The van der Waals surface area contributed by atoms with Crippen LogP contribution in [-0.4, -0.2) is 40.9 Å². The van der Waals surface area contributed by atoms with E-state index in [0.717, 1.165) is 5.56 Å². The van der Waals surface area contributed by atoms with E-state index in [1.165, 1.54) is 31.5 Å². The van der Waals surface area contributed by atoms with Gasteiger partial charge in [-0.25, -0.2) is 5.43 Å². The smallest absolute Gasteiger partial charge is 0.339 e. The minimum atomic E-state index is -4.05. The fourth-order valence-electron chi connectivity index (χ4n) is 3.13. The molecule has 0 saturated carbocycles. The van der Waals surface area contributed by atoms with Crippen molar-refractivity contribution < 1.29 is 31.6 Å². The second-order valence-electron chi connectivity index (χ2n) is 7.49. The fraction of sp³-hybridized carbons (Fsp3) is 0.231. The maximum atomic E-state index is 12.7. The highest BCUT2D eigenvalue weighted by molar-refractivity contribution is 7.87. The van der Waals surface area contributed by atoms with Crippen molar-refractivity contribution in [2.24, 2.45) is 5.10 Å². The van der Waals surface area contributed by atoms with E-state index in [4.69, 9.17) is 18.4 Å². The van der Waals surface area contributed by atoms with Crippen molar-refractivity contribution >= 4 is 22.2 Å². The molecule has 0 aliphatic heterocycles. The van der Waals surface area contributed by atoms with Gasteiger partial charge in [-0.05, 0) is 74.9 Å². The number of carbonyl (C=O) groups is 1. The van der Waals surface area contributed by atoms with E-state index < -0.39 is 16.0 Å². The molecule has 9 nitrogen and oxygen atoms in total. The number of benzene rings is 3. The molecule has 0 saturated heterocycles. The average molecular weight is 513 g/mol. The monoisotopic (exact) mass is 512 g/mol. The molecule has 0 radical (unpaired) electrons. The molecule has 0 aliphatic rings. The van der Waals surface area contributed by atoms with Gasteiger partial charge in [-0.3, -0.25) is 4.79 Å². The van der Waals surface area contributed by atoms with Gasteiger partial charge in [0.25, 0.3) is 5.91 Å². The predicted octanol–water partition coefficient (Wildman–Crippen LogP) is 4.33. The Morgan fingerprint density at radius 3 is 2.22 bits per heavy atom. The zero-order valence-electron chi connectivity index (χ0n) is 20.5. The molecule has 0 heterocycles. The standard InChI is InChI=1S/C26H28N2O7S/c1-5-33-22-14-10-20(16-24(22)32-4)26(29)28-27-17-19-9-13-23(25(15-19)34-6-2)35-36(30,31)21-11-7-18(3)8-12-21/h7-17H,5-6H2,1-4H3,(H,28,29)/b27-17+. The van der Waals surface area contributed by atoms with Gasteiger partial charge in [-0.1, -0.05) is 17.7 Å². The first-order chi connectivity index (χ1) is 17.3. The van der Waals surface area contributed by atoms with Crippen molar-refractivity contribution in [1.82, 2.24) is 5.43 Å². The number of nitrogens with one attached hydrogen (secondary N) is 1. The summed E-state index contributed by atoms with van der Waals surface area (Å²) in [5.41, 5.74) is 4.28. The molecule has 0 spiro atoms. The van der Waals surface area contributed by atoms with Crippen molar-refractivity contribution in [1.29, 1.82) is 0 Å². The van der Waals surface area contributed by atoms with Gasteiger partial charge in [-0.15, -0.1) is 0 Å². The molecule has 3 rings (SSSR count). The van der Waals surface area contributed by atoms with Crippen LogP contribution in [0.4, 0.5) is 0 Å². The van der Waals surface area contributed by atoms with Gasteiger partial charge in [0.15, 0.2) is 23.0 Å². The normalized spacial score (nSPS) is 11.2. The minimum absolute atomic E-state index is 0.0369. The third-order valence-electron chi connectivity index (χ3n) is 4.88. The number of nitrogens with zero attached hydrogens (tertiary/aromatic N) is 1. The molecule has 0 bridgehead atoms. The molecule has 0 atom stereocenters. The Hall–Kier alpha value is -4.05. The number of aryl methyl sites for hydroxylation is 1. The number of methoxy groups -OCH3 is 1. The quantitative estimate of drug-likeness (QED) is 0.231. The van der Waals surface area contributed by atoms with Gasteiger partial charge in [0.2, 0.25) is 0 Å². The summed E-state index contributed by atoms with van der Waals surface area (Å²) in [5, 5.41) is 3.98. The number of rotatable bonds is 11. The summed E-state index contributed by atoms with van der Waals surface area (Å²) >= 11 is 0. The summed E-state index contributed by atoms with van der Waals surface area (Å²) < 4.78 is 47.0. The molecule has 0 aliphatic carbocycles. The zero-order valence-corrected chi connectivity index (χ0v) is 21.3. The number of amides is 1. The highest BCUT2D eigenvalue weighted by Crippen LogP contribution is 2.31. The van der Waals surface area contributed by atoms with E-state index in [1.807, 2.05) is 13.8 Å². The highest BCUT2D eigenvalue weighted by atomic mass is 32.2. The van der Waals surface area contributed by atoms with E-state index in [2.05, 4.69) is 10.5 Å². The van der Waals surface area contributed by atoms with Crippen LogP contribution in [0.15, 0.2) is 70.7 Å². The van der Waals surface area contributed by atoms with Gasteiger partial charge >= 0.3 is 10.1 Å². The largest absolute Gasteiger partial charge is 0.493 e. The van der Waals surface area contributed by atoms with Gasteiger partial charge in [0.05, 0.1) is 26.5 Å². The Kier molecular flexibility index (Phi) is 8.91. The number of hydrazone groups is 1. The summed E-state index contributed by atoms with van der Waals surface area (Å²) in [5.74, 6) is 0.794. The van der Waals surface area contributed by atoms with Crippen LogP contribution < -0.4 is 23.8 Å². The van der Waals surface area contributed by atoms with Crippen LogP contribution >= 0.6 is 0 Å². The Balaban J connectivity index is 1.73. The molecule has 10 heteroatoms. The molecule has 3 aromatic carbocycles. The summed E-state index contributed by atoms with van der Waals surface area (Å²) in [7, 11) is -2.55. The molecule has 36 heavy (non-hydrogen) atoms. The maximum Gasteiger partial charge on any atom is 0.339 e. The van der Waals surface area contributed by atoms with Crippen molar-refractivity contribution in [2.75, 3.05) is 20.3 Å². The van der Waals surface area contributed by atoms with E-state index in [1.54, 1.807) is 49.4 Å². The van der Waals surface area contributed by atoms with Gasteiger partial charge < -0.3 is 18.4 Å². The van der Waals surface area contributed by atoms with Gasteiger partial charge in [0.1, 0.15) is 4.90 Å². The molecular weight excluding hydrogens is 484 g/mol. The first kappa shape index (κ1) is 26.6. The van der Waals surface area contributed by atoms with Crippen LogP contribution in [0, 0.1) is 6.92 Å². The summed E-state index contributed by atoms with van der Waals surface area (Å²) in [4.78, 5) is 12.5. The third-order valence-corrected chi connectivity index (χ3v) is 6.13. The van der Waals surface area contributed by atoms with Gasteiger partial charge in [0, 0.05) is 5.56 Å². The van der Waals surface area contributed by atoms with Crippen LogP contribution in [-0.2, 0) is 10.1 Å². The molecule has 1 amide bonds. The lowest BCUT2D eigenvalue weighted by atomic mass is 10.2. The SMILES string of the molecule is CCOc1ccc(C(=O)N/N=C/c2ccc(OS(=O)(=O)c3ccc(C)cc3)c(OCC)c2)cc1OC. The fourth-order valence-corrected chi connectivity index (χ4v) is 4.07. The summed E-state index contributed by atoms with van der Waals surface area (Å²) in [6, 6.07) is 15.8. The Morgan fingerprint density at radius 1 is 0.889 bits per heavy atom. The van der Waals surface area contributed by atoms with Crippen LogP contribution in [0.25, 0.3) is 0 Å². The van der Waals surface area contributed by atoms with E-state index in [-0.39, 0.29) is 23.0 Å². The van der Waals surface area contributed by atoms with Gasteiger partial charge in [-0.2, -0.15) is 13.5 Å². The second kappa shape index (κ2) is 12.1. The lowest BCUT2D eigenvalue weighted by Crippen LogP contribution is -2.17. The van der Waals surface area contributed by atoms with E-state index in [9.17, 15) is 13.2 Å². The first-order valence-electron chi connectivity index (χ1n) is 11.2. The molecular formula is C26H28N2O7S. The Labute approximate surface area is 210 Å². The van der Waals surface area contributed by atoms with Crippen LogP contribution in [0.1, 0.15) is 35.3 Å². The molecule has 1 N–H and O–H groups in total. The van der Waals surface area contributed by atoms with E-state index >= 15 is 0 Å². The maximum absolute atomic E-state index is 12.7.